The van der Waals surface area contributed by atoms with Gasteiger partial charge in [-0.1, -0.05) is 103 Å². The van der Waals surface area contributed by atoms with Crippen molar-refractivity contribution in [2.24, 2.45) is 35.5 Å². The zero-order chi connectivity index (χ0) is 25.3. The van der Waals surface area contributed by atoms with E-state index in [2.05, 4.69) is 52.0 Å². The van der Waals surface area contributed by atoms with Crippen molar-refractivity contribution in [1.29, 1.82) is 0 Å². The summed E-state index contributed by atoms with van der Waals surface area (Å²) >= 11 is 0. The quantitative estimate of drug-likeness (QED) is 0.288. The lowest BCUT2D eigenvalue weighted by Gasteiger charge is -2.40. The van der Waals surface area contributed by atoms with Crippen LogP contribution in [0.4, 0.5) is 0 Å². The van der Waals surface area contributed by atoms with Crippen LogP contribution < -0.4 is 0 Å². The fourth-order valence-electron chi connectivity index (χ4n) is 8.67. The van der Waals surface area contributed by atoms with E-state index in [-0.39, 0.29) is 0 Å². The summed E-state index contributed by atoms with van der Waals surface area (Å²) in [5.41, 5.74) is 3.24. The summed E-state index contributed by atoms with van der Waals surface area (Å²) in [6, 6.07) is 10.0. The van der Waals surface area contributed by atoms with Gasteiger partial charge in [0.25, 0.3) is 0 Å². The predicted molar refractivity (Wildman–Crippen MR) is 159 cm³/mol. The second-order valence-corrected chi connectivity index (χ2v) is 13.8. The molecule has 0 N–H and O–H groups in total. The molecule has 3 saturated carbocycles. The second kappa shape index (κ2) is 14.4. The molecule has 0 heterocycles. The minimum Gasteiger partial charge on any atom is -0.0654 e. The third-order valence-corrected chi connectivity index (χ3v) is 11.6. The van der Waals surface area contributed by atoms with Gasteiger partial charge in [0, 0.05) is 0 Å². The van der Waals surface area contributed by atoms with Gasteiger partial charge in [-0.2, -0.15) is 0 Å². The van der Waals surface area contributed by atoms with Crippen molar-refractivity contribution in [3.8, 4) is 0 Å². The molecule has 1 aromatic rings. The molecule has 4 rings (SSSR count). The van der Waals surface area contributed by atoms with E-state index in [9.17, 15) is 0 Å². The highest BCUT2D eigenvalue weighted by Gasteiger charge is 2.33. The maximum atomic E-state index is 2.63. The number of rotatable bonds is 11. The molecule has 0 saturated heterocycles. The highest BCUT2D eigenvalue weighted by Crippen LogP contribution is 2.46. The van der Waals surface area contributed by atoms with Crippen molar-refractivity contribution < 1.29 is 0 Å². The highest BCUT2D eigenvalue weighted by atomic mass is 14.4. The smallest absolute Gasteiger partial charge is 0.0162 e. The van der Waals surface area contributed by atoms with Gasteiger partial charge in [0.05, 0.1) is 0 Å². The SMILES string of the molecule is CCCCC1CCC(c2ccc(C(C)C3CCC(C(C)C4CCC(CCCC)CC4)CC3)cc2)CC1. The lowest BCUT2D eigenvalue weighted by atomic mass is 9.65. The molecule has 36 heavy (non-hydrogen) atoms. The standard InChI is InChI=1S/C36H60/c1-5-7-9-29-11-15-31(16-12-29)27(3)32-19-21-33(22-20-32)28(4)34-23-25-36(26-24-34)35-17-13-30(14-18-35)10-8-6-2/h23-33,35H,5-22H2,1-4H3. The fourth-order valence-corrected chi connectivity index (χ4v) is 8.67. The van der Waals surface area contributed by atoms with Crippen molar-refractivity contribution in [2.45, 2.75) is 155 Å². The molecule has 0 radical (unpaired) electrons. The van der Waals surface area contributed by atoms with E-state index in [0.717, 1.165) is 47.3 Å². The Labute approximate surface area is 225 Å². The van der Waals surface area contributed by atoms with Gasteiger partial charge in [0.2, 0.25) is 0 Å². The van der Waals surface area contributed by atoms with E-state index < -0.39 is 0 Å². The molecule has 0 heteroatoms. The van der Waals surface area contributed by atoms with E-state index in [0.29, 0.717) is 0 Å². The van der Waals surface area contributed by atoms with Crippen molar-refractivity contribution in [1.82, 2.24) is 0 Å². The number of hydrogen-bond acceptors (Lipinski definition) is 0. The molecule has 0 bridgehead atoms. The average molecular weight is 493 g/mol. The Morgan fingerprint density at radius 1 is 0.583 bits per heavy atom. The number of unbranched alkanes of at least 4 members (excludes halogenated alkanes) is 2. The van der Waals surface area contributed by atoms with Crippen molar-refractivity contribution in [3.05, 3.63) is 35.4 Å². The van der Waals surface area contributed by atoms with Crippen LogP contribution in [0.25, 0.3) is 0 Å². The normalized spacial score (nSPS) is 33.2. The van der Waals surface area contributed by atoms with Crippen LogP contribution in [0.2, 0.25) is 0 Å². The first-order chi connectivity index (χ1) is 17.6. The summed E-state index contributed by atoms with van der Waals surface area (Å²) in [6.45, 7) is 9.84. The maximum Gasteiger partial charge on any atom is -0.0162 e. The molecule has 0 aromatic heterocycles. The molecule has 0 spiro atoms. The molecule has 0 aliphatic heterocycles. The maximum absolute atomic E-state index is 2.63. The van der Waals surface area contributed by atoms with E-state index in [1.54, 1.807) is 11.1 Å². The minimum atomic E-state index is 0.731. The van der Waals surface area contributed by atoms with Crippen LogP contribution in [-0.2, 0) is 0 Å². The van der Waals surface area contributed by atoms with Crippen LogP contribution in [0, 0.1) is 35.5 Å². The summed E-state index contributed by atoms with van der Waals surface area (Å²) < 4.78 is 0. The number of benzene rings is 1. The Morgan fingerprint density at radius 2 is 1.03 bits per heavy atom. The third-order valence-electron chi connectivity index (χ3n) is 11.6. The van der Waals surface area contributed by atoms with Crippen LogP contribution in [0.3, 0.4) is 0 Å². The van der Waals surface area contributed by atoms with Gasteiger partial charge in [-0.25, -0.2) is 0 Å². The lowest BCUT2D eigenvalue weighted by Crippen LogP contribution is -2.29. The van der Waals surface area contributed by atoms with Crippen molar-refractivity contribution in [2.75, 3.05) is 0 Å². The average Bonchev–Trinajstić information content (AvgIpc) is 2.95. The summed E-state index contributed by atoms with van der Waals surface area (Å²) in [5, 5.41) is 0. The Bertz CT molecular complexity index is 707. The Morgan fingerprint density at radius 3 is 1.53 bits per heavy atom. The summed E-state index contributed by atoms with van der Waals surface area (Å²) in [6.07, 6.45) is 26.4. The molecule has 3 aliphatic carbocycles. The molecule has 0 nitrogen and oxygen atoms in total. The zero-order valence-electron chi connectivity index (χ0n) is 24.7. The van der Waals surface area contributed by atoms with Crippen LogP contribution in [0.1, 0.15) is 166 Å². The minimum absolute atomic E-state index is 0.731. The van der Waals surface area contributed by atoms with Gasteiger partial charge in [-0.05, 0) is 123 Å². The summed E-state index contributed by atoms with van der Waals surface area (Å²) in [7, 11) is 0. The fraction of sp³-hybridized carbons (Fsp3) is 0.833. The Kier molecular flexibility index (Phi) is 11.3. The molecule has 3 aliphatic rings. The van der Waals surface area contributed by atoms with Crippen LogP contribution in [0.5, 0.6) is 0 Å². The van der Waals surface area contributed by atoms with E-state index in [4.69, 9.17) is 0 Å². The number of hydrogen-bond donors (Lipinski definition) is 0. The zero-order valence-corrected chi connectivity index (χ0v) is 24.7. The first-order valence-electron chi connectivity index (χ1n) is 16.7. The molecule has 0 amide bonds. The van der Waals surface area contributed by atoms with Gasteiger partial charge in [-0.3, -0.25) is 0 Å². The van der Waals surface area contributed by atoms with E-state index in [1.165, 1.54) is 116 Å². The molecule has 3 fully saturated rings. The molecule has 2 atom stereocenters. The Balaban J connectivity index is 1.20. The van der Waals surface area contributed by atoms with Crippen LogP contribution in [-0.4, -0.2) is 0 Å². The van der Waals surface area contributed by atoms with E-state index >= 15 is 0 Å². The second-order valence-electron chi connectivity index (χ2n) is 13.8. The monoisotopic (exact) mass is 492 g/mol. The van der Waals surface area contributed by atoms with Crippen LogP contribution in [0.15, 0.2) is 24.3 Å². The third kappa shape index (κ3) is 7.63. The van der Waals surface area contributed by atoms with Crippen LogP contribution >= 0.6 is 0 Å². The van der Waals surface area contributed by atoms with Crippen molar-refractivity contribution >= 4 is 0 Å². The topological polar surface area (TPSA) is 0 Å². The van der Waals surface area contributed by atoms with Gasteiger partial charge in [0.15, 0.2) is 0 Å². The van der Waals surface area contributed by atoms with Gasteiger partial charge < -0.3 is 0 Å². The molecule has 1 aromatic carbocycles. The van der Waals surface area contributed by atoms with Gasteiger partial charge in [0.1, 0.15) is 0 Å². The molecular formula is C36H60. The van der Waals surface area contributed by atoms with E-state index in [1.807, 2.05) is 0 Å². The predicted octanol–water partition coefficient (Wildman–Crippen LogP) is 11.7. The summed E-state index contributed by atoms with van der Waals surface area (Å²) in [4.78, 5) is 0. The molecule has 204 valence electrons. The molecular weight excluding hydrogens is 432 g/mol. The van der Waals surface area contributed by atoms with Gasteiger partial charge in [-0.15, -0.1) is 0 Å². The lowest BCUT2D eigenvalue weighted by molar-refractivity contribution is 0.118. The largest absolute Gasteiger partial charge is 0.0654 e. The molecule has 2 unspecified atom stereocenters. The summed E-state index contributed by atoms with van der Waals surface area (Å²) in [5.74, 6) is 7.51. The first kappa shape index (κ1) is 28.2. The van der Waals surface area contributed by atoms with Crippen molar-refractivity contribution in [3.63, 3.8) is 0 Å². The Hall–Kier alpha value is -0.780. The first-order valence-corrected chi connectivity index (χ1v) is 16.7. The highest BCUT2D eigenvalue weighted by molar-refractivity contribution is 5.28. The van der Waals surface area contributed by atoms with Gasteiger partial charge >= 0.3 is 0 Å².